The fourth-order valence-corrected chi connectivity index (χ4v) is 1.17. The summed E-state index contributed by atoms with van der Waals surface area (Å²) in [6, 6.07) is 0. The highest BCUT2D eigenvalue weighted by molar-refractivity contribution is 4.57. The average Bonchev–Trinajstić information content (AvgIpc) is 2.14. The maximum Gasteiger partial charge on any atom is 0.0589 e. The molecule has 0 aromatic heterocycles. The van der Waals surface area contributed by atoms with E-state index in [-0.39, 0.29) is 0 Å². The average molecular weight is 190 g/mol. The Morgan fingerprint density at radius 1 is 1.00 bits per heavy atom. The third kappa shape index (κ3) is 8.18. The first-order chi connectivity index (χ1) is 6.35. The molecule has 0 aromatic carbocycles. The maximum atomic E-state index is 5.49. The zero-order valence-corrected chi connectivity index (χ0v) is 8.79. The van der Waals surface area contributed by atoms with Crippen LogP contribution in [0.1, 0.15) is 6.42 Å². The van der Waals surface area contributed by atoms with Gasteiger partial charge in [0, 0.05) is 47.0 Å². The Kier molecular flexibility index (Phi) is 9.80. The number of nitrogens with zero attached hydrogens (tertiary/aromatic N) is 1. The Morgan fingerprint density at radius 2 is 1.69 bits per heavy atom. The fraction of sp³-hybridized carbons (Fsp3) is 1.00. The molecule has 0 bridgehead atoms. The van der Waals surface area contributed by atoms with Gasteiger partial charge >= 0.3 is 0 Å². The van der Waals surface area contributed by atoms with Gasteiger partial charge in [0.15, 0.2) is 0 Å². The van der Waals surface area contributed by atoms with E-state index in [0.29, 0.717) is 6.54 Å². The quantitative estimate of drug-likeness (QED) is 0.517. The number of methoxy groups -OCH3 is 2. The topological polar surface area (TPSA) is 47.7 Å². The van der Waals surface area contributed by atoms with Crippen LogP contribution >= 0.6 is 0 Å². The monoisotopic (exact) mass is 190 g/mol. The standard InChI is InChI=1S/C9H22N2O2/c1-12-8-3-5-11(6-4-10)7-9-13-2/h3-10H2,1-2H3. The van der Waals surface area contributed by atoms with Crippen LogP contribution in [0, 0.1) is 0 Å². The van der Waals surface area contributed by atoms with Gasteiger partial charge in [-0.15, -0.1) is 0 Å². The number of nitrogens with two attached hydrogens (primary N) is 1. The summed E-state index contributed by atoms with van der Waals surface area (Å²) in [6.07, 6.45) is 1.06. The van der Waals surface area contributed by atoms with E-state index in [4.69, 9.17) is 15.2 Å². The summed E-state index contributed by atoms with van der Waals surface area (Å²) in [6.45, 7) is 5.22. The molecule has 0 atom stereocenters. The summed E-state index contributed by atoms with van der Waals surface area (Å²) in [5.74, 6) is 0. The summed E-state index contributed by atoms with van der Waals surface area (Å²) in [5.41, 5.74) is 5.49. The predicted molar refractivity (Wildman–Crippen MR) is 53.9 cm³/mol. The van der Waals surface area contributed by atoms with Crippen molar-refractivity contribution in [3.8, 4) is 0 Å². The van der Waals surface area contributed by atoms with Gasteiger partial charge in [0.05, 0.1) is 6.61 Å². The summed E-state index contributed by atoms with van der Waals surface area (Å²) in [7, 11) is 3.44. The third-order valence-electron chi connectivity index (χ3n) is 1.88. The van der Waals surface area contributed by atoms with Crippen molar-refractivity contribution in [2.45, 2.75) is 6.42 Å². The lowest BCUT2D eigenvalue weighted by molar-refractivity contribution is 0.134. The first-order valence-electron chi connectivity index (χ1n) is 4.75. The minimum absolute atomic E-state index is 0.705. The summed E-state index contributed by atoms with van der Waals surface area (Å²) < 4.78 is 10.00. The van der Waals surface area contributed by atoms with Crippen LogP contribution in [-0.4, -0.2) is 58.5 Å². The van der Waals surface area contributed by atoms with Crippen LogP contribution in [0.4, 0.5) is 0 Å². The Bertz CT molecular complexity index is 102. The molecular formula is C9H22N2O2. The Balaban J connectivity index is 3.41. The van der Waals surface area contributed by atoms with Crippen LogP contribution in [0.5, 0.6) is 0 Å². The van der Waals surface area contributed by atoms with Gasteiger partial charge in [-0.05, 0) is 6.42 Å². The van der Waals surface area contributed by atoms with Gasteiger partial charge in [-0.3, -0.25) is 4.90 Å². The number of hydrogen-bond acceptors (Lipinski definition) is 4. The molecule has 0 aliphatic carbocycles. The van der Waals surface area contributed by atoms with E-state index in [2.05, 4.69) is 4.90 Å². The molecule has 0 aromatic rings. The second kappa shape index (κ2) is 9.92. The molecule has 0 amide bonds. The third-order valence-corrected chi connectivity index (χ3v) is 1.88. The largest absolute Gasteiger partial charge is 0.385 e. The first-order valence-corrected chi connectivity index (χ1v) is 4.75. The van der Waals surface area contributed by atoms with E-state index in [0.717, 1.165) is 39.3 Å². The van der Waals surface area contributed by atoms with E-state index in [1.807, 2.05) is 0 Å². The van der Waals surface area contributed by atoms with Gasteiger partial charge in [0.1, 0.15) is 0 Å². The highest BCUT2D eigenvalue weighted by Crippen LogP contribution is 1.91. The molecule has 0 unspecified atom stereocenters. The molecule has 0 rings (SSSR count). The molecule has 0 heterocycles. The van der Waals surface area contributed by atoms with Crippen LogP contribution in [0.25, 0.3) is 0 Å². The van der Waals surface area contributed by atoms with Crippen molar-refractivity contribution in [3.63, 3.8) is 0 Å². The molecule has 0 fully saturated rings. The van der Waals surface area contributed by atoms with Gasteiger partial charge in [-0.1, -0.05) is 0 Å². The summed E-state index contributed by atoms with van der Waals surface area (Å²) >= 11 is 0. The molecule has 0 radical (unpaired) electrons. The molecule has 0 saturated heterocycles. The Morgan fingerprint density at radius 3 is 2.23 bits per heavy atom. The number of rotatable bonds is 9. The SMILES string of the molecule is COCCCN(CCN)CCOC. The Hall–Kier alpha value is -0.160. The lowest BCUT2D eigenvalue weighted by Gasteiger charge is -2.20. The van der Waals surface area contributed by atoms with Crippen LogP contribution < -0.4 is 5.73 Å². The van der Waals surface area contributed by atoms with Crippen molar-refractivity contribution in [2.75, 3.05) is 53.6 Å². The van der Waals surface area contributed by atoms with Crippen molar-refractivity contribution < 1.29 is 9.47 Å². The second-order valence-corrected chi connectivity index (χ2v) is 2.97. The summed E-state index contributed by atoms with van der Waals surface area (Å²) in [5, 5.41) is 0. The van der Waals surface area contributed by atoms with E-state index in [9.17, 15) is 0 Å². The lowest BCUT2D eigenvalue weighted by atomic mass is 10.4. The normalized spacial score (nSPS) is 11.1. The van der Waals surface area contributed by atoms with Crippen LogP contribution in [0.15, 0.2) is 0 Å². The highest BCUT2D eigenvalue weighted by atomic mass is 16.5. The van der Waals surface area contributed by atoms with Crippen molar-refractivity contribution >= 4 is 0 Å². The zero-order valence-electron chi connectivity index (χ0n) is 8.79. The molecule has 0 aliphatic rings. The number of ether oxygens (including phenoxy) is 2. The zero-order chi connectivity index (χ0) is 9.94. The van der Waals surface area contributed by atoms with E-state index in [1.165, 1.54) is 0 Å². The predicted octanol–water partition coefficient (Wildman–Crippen LogP) is -0.0700. The molecular weight excluding hydrogens is 168 g/mol. The first kappa shape index (κ1) is 12.8. The van der Waals surface area contributed by atoms with Crippen LogP contribution in [0.2, 0.25) is 0 Å². The van der Waals surface area contributed by atoms with Crippen molar-refractivity contribution in [1.82, 2.24) is 4.90 Å². The van der Waals surface area contributed by atoms with E-state index in [1.54, 1.807) is 14.2 Å². The van der Waals surface area contributed by atoms with Gasteiger partial charge in [-0.2, -0.15) is 0 Å². The molecule has 0 saturated carbocycles. The van der Waals surface area contributed by atoms with Gasteiger partial charge in [0.25, 0.3) is 0 Å². The molecule has 4 heteroatoms. The van der Waals surface area contributed by atoms with Crippen LogP contribution in [0.3, 0.4) is 0 Å². The van der Waals surface area contributed by atoms with Crippen molar-refractivity contribution in [2.24, 2.45) is 5.73 Å². The molecule has 4 nitrogen and oxygen atoms in total. The smallest absolute Gasteiger partial charge is 0.0589 e. The second-order valence-electron chi connectivity index (χ2n) is 2.97. The molecule has 0 aliphatic heterocycles. The number of hydrogen-bond donors (Lipinski definition) is 1. The van der Waals surface area contributed by atoms with E-state index >= 15 is 0 Å². The fourth-order valence-electron chi connectivity index (χ4n) is 1.17. The molecule has 0 spiro atoms. The van der Waals surface area contributed by atoms with E-state index < -0.39 is 0 Å². The van der Waals surface area contributed by atoms with Crippen molar-refractivity contribution in [1.29, 1.82) is 0 Å². The van der Waals surface area contributed by atoms with Gasteiger partial charge in [-0.25, -0.2) is 0 Å². The maximum absolute atomic E-state index is 5.49. The minimum atomic E-state index is 0.705. The van der Waals surface area contributed by atoms with Gasteiger partial charge < -0.3 is 15.2 Å². The van der Waals surface area contributed by atoms with Crippen LogP contribution in [-0.2, 0) is 9.47 Å². The highest BCUT2D eigenvalue weighted by Gasteiger charge is 2.02. The molecule has 2 N–H and O–H groups in total. The molecule has 13 heavy (non-hydrogen) atoms. The van der Waals surface area contributed by atoms with Crippen molar-refractivity contribution in [3.05, 3.63) is 0 Å². The lowest BCUT2D eigenvalue weighted by Crippen LogP contribution is -2.33. The molecule has 80 valence electrons. The Labute approximate surface area is 81.0 Å². The minimum Gasteiger partial charge on any atom is -0.385 e. The summed E-state index contributed by atoms with van der Waals surface area (Å²) in [4.78, 5) is 2.29. The van der Waals surface area contributed by atoms with Gasteiger partial charge in [0.2, 0.25) is 0 Å².